The zero-order valence-corrected chi connectivity index (χ0v) is 13.7. The summed E-state index contributed by atoms with van der Waals surface area (Å²) in [7, 11) is 1.80. The van der Waals surface area contributed by atoms with Crippen LogP contribution < -0.4 is 15.9 Å². The Hall–Kier alpha value is -2.88. The number of thioether (sulfide) groups is 1. The standard InChI is InChI=1S/C14H16N6O3S/c1-20-9-17-19-14(20)24-8-13(22)18-16-6-10-2-4-11(5-3-10)23-7-12(15)21/h2-6,9H,7-8H2,1H3,(H2,15,21)(H,18,22). The van der Waals surface area contributed by atoms with Gasteiger partial charge in [-0.1, -0.05) is 11.8 Å². The van der Waals surface area contributed by atoms with Gasteiger partial charge in [0.1, 0.15) is 12.1 Å². The van der Waals surface area contributed by atoms with Gasteiger partial charge in [0.15, 0.2) is 11.8 Å². The maximum absolute atomic E-state index is 11.7. The van der Waals surface area contributed by atoms with Gasteiger partial charge in [0.05, 0.1) is 12.0 Å². The van der Waals surface area contributed by atoms with E-state index in [1.165, 1.54) is 18.0 Å². The number of hydrazone groups is 1. The summed E-state index contributed by atoms with van der Waals surface area (Å²) in [6.07, 6.45) is 3.07. The van der Waals surface area contributed by atoms with Crippen molar-refractivity contribution in [2.24, 2.45) is 17.9 Å². The van der Waals surface area contributed by atoms with Gasteiger partial charge in [-0.15, -0.1) is 10.2 Å². The molecule has 0 saturated carbocycles. The number of nitrogens with two attached hydrogens (primary N) is 1. The van der Waals surface area contributed by atoms with Gasteiger partial charge in [0.25, 0.3) is 11.8 Å². The molecule has 2 aromatic rings. The fourth-order valence-corrected chi connectivity index (χ4v) is 2.23. The molecule has 0 atom stereocenters. The number of aryl methyl sites for hydroxylation is 1. The minimum atomic E-state index is -0.539. The molecule has 24 heavy (non-hydrogen) atoms. The van der Waals surface area contributed by atoms with Gasteiger partial charge in [-0.2, -0.15) is 5.10 Å². The first-order valence-corrected chi connectivity index (χ1v) is 7.83. The van der Waals surface area contributed by atoms with Crippen molar-refractivity contribution in [2.45, 2.75) is 5.16 Å². The molecule has 0 aliphatic rings. The van der Waals surface area contributed by atoms with E-state index in [1.54, 1.807) is 42.2 Å². The number of nitrogens with zero attached hydrogens (tertiary/aromatic N) is 4. The Bertz CT molecular complexity index is 728. The monoisotopic (exact) mass is 348 g/mol. The Morgan fingerprint density at radius 3 is 2.79 bits per heavy atom. The highest BCUT2D eigenvalue weighted by Gasteiger charge is 2.05. The third-order valence-electron chi connectivity index (χ3n) is 2.67. The molecule has 126 valence electrons. The molecule has 3 N–H and O–H groups in total. The van der Waals surface area contributed by atoms with Crippen LogP contribution in [0.5, 0.6) is 5.75 Å². The van der Waals surface area contributed by atoms with Crippen molar-refractivity contribution >= 4 is 29.8 Å². The molecule has 2 rings (SSSR count). The maximum atomic E-state index is 11.7. The lowest BCUT2D eigenvalue weighted by atomic mass is 10.2. The van der Waals surface area contributed by atoms with Crippen molar-refractivity contribution in [3.05, 3.63) is 36.2 Å². The normalized spacial score (nSPS) is 10.7. The van der Waals surface area contributed by atoms with E-state index in [-0.39, 0.29) is 18.3 Å². The molecule has 1 heterocycles. The van der Waals surface area contributed by atoms with E-state index in [2.05, 4.69) is 20.7 Å². The first-order valence-electron chi connectivity index (χ1n) is 6.84. The first kappa shape index (κ1) is 17.5. The predicted octanol–water partition coefficient (Wildman–Crippen LogP) is -0.0784. The van der Waals surface area contributed by atoms with Crippen LogP contribution in [0, 0.1) is 0 Å². The van der Waals surface area contributed by atoms with Crippen LogP contribution in [0.1, 0.15) is 5.56 Å². The smallest absolute Gasteiger partial charge is 0.255 e. The summed E-state index contributed by atoms with van der Waals surface area (Å²) < 4.78 is 6.86. The summed E-state index contributed by atoms with van der Waals surface area (Å²) in [5.74, 6) is -0.0812. The molecule has 0 fully saturated rings. The van der Waals surface area contributed by atoms with E-state index in [4.69, 9.17) is 10.5 Å². The number of benzene rings is 1. The van der Waals surface area contributed by atoms with Crippen LogP contribution >= 0.6 is 11.8 Å². The zero-order valence-electron chi connectivity index (χ0n) is 12.9. The molecule has 0 spiro atoms. The van der Waals surface area contributed by atoms with Crippen molar-refractivity contribution in [2.75, 3.05) is 12.4 Å². The molecule has 10 heteroatoms. The molecule has 0 radical (unpaired) electrons. The van der Waals surface area contributed by atoms with Gasteiger partial charge in [-0.25, -0.2) is 5.43 Å². The number of amides is 2. The third-order valence-corrected chi connectivity index (χ3v) is 3.70. The van der Waals surface area contributed by atoms with Crippen LogP contribution in [0.3, 0.4) is 0 Å². The van der Waals surface area contributed by atoms with Crippen LogP contribution in [0.2, 0.25) is 0 Å². The summed E-state index contributed by atoms with van der Waals surface area (Å²) in [5.41, 5.74) is 8.19. The number of hydrogen-bond donors (Lipinski definition) is 2. The van der Waals surface area contributed by atoms with Crippen LogP contribution in [0.15, 0.2) is 40.9 Å². The van der Waals surface area contributed by atoms with Gasteiger partial charge >= 0.3 is 0 Å². The topological polar surface area (TPSA) is 124 Å². The number of ether oxygens (including phenoxy) is 1. The van der Waals surface area contributed by atoms with Crippen molar-refractivity contribution in [3.8, 4) is 5.75 Å². The summed E-state index contributed by atoms with van der Waals surface area (Å²) in [4.78, 5) is 22.3. The van der Waals surface area contributed by atoms with Gasteiger partial charge in [-0.3, -0.25) is 9.59 Å². The number of aromatic nitrogens is 3. The second-order valence-corrected chi connectivity index (χ2v) is 5.57. The zero-order chi connectivity index (χ0) is 17.4. The minimum Gasteiger partial charge on any atom is -0.484 e. The average molecular weight is 348 g/mol. The second kappa shape index (κ2) is 8.67. The lowest BCUT2D eigenvalue weighted by Gasteiger charge is -2.03. The summed E-state index contributed by atoms with van der Waals surface area (Å²) in [6.45, 7) is -0.174. The van der Waals surface area contributed by atoms with Gasteiger partial charge in [0.2, 0.25) is 0 Å². The largest absolute Gasteiger partial charge is 0.484 e. The predicted molar refractivity (Wildman–Crippen MR) is 88.6 cm³/mol. The number of carbonyl (C=O) groups excluding carboxylic acids is 2. The van der Waals surface area contributed by atoms with E-state index in [0.29, 0.717) is 10.9 Å². The Morgan fingerprint density at radius 2 is 2.17 bits per heavy atom. The Morgan fingerprint density at radius 1 is 1.42 bits per heavy atom. The van der Waals surface area contributed by atoms with Crippen LogP contribution in [-0.2, 0) is 16.6 Å². The molecule has 0 saturated heterocycles. The number of carbonyl (C=O) groups is 2. The SMILES string of the molecule is Cn1cnnc1SCC(=O)NN=Cc1ccc(OCC(N)=O)cc1. The highest BCUT2D eigenvalue weighted by atomic mass is 32.2. The molecule has 1 aromatic heterocycles. The Balaban J connectivity index is 1.75. The highest BCUT2D eigenvalue weighted by Crippen LogP contribution is 2.12. The van der Waals surface area contributed by atoms with Gasteiger partial charge in [-0.05, 0) is 29.8 Å². The molecule has 0 aliphatic heterocycles. The van der Waals surface area contributed by atoms with Crippen molar-refractivity contribution in [3.63, 3.8) is 0 Å². The lowest BCUT2D eigenvalue weighted by Crippen LogP contribution is -2.20. The highest BCUT2D eigenvalue weighted by molar-refractivity contribution is 7.99. The Labute approximate surface area is 142 Å². The number of rotatable bonds is 8. The number of nitrogens with one attached hydrogen (secondary N) is 1. The van der Waals surface area contributed by atoms with Crippen molar-refractivity contribution in [1.82, 2.24) is 20.2 Å². The molecular formula is C14H16N6O3S. The van der Waals surface area contributed by atoms with Gasteiger partial charge < -0.3 is 15.0 Å². The summed E-state index contributed by atoms with van der Waals surface area (Å²) in [5, 5.41) is 12.1. The van der Waals surface area contributed by atoms with Crippen LogP contribution in [-0.4, -0.2) is 45.2 Å². The fourth-order valence-electron chi connectivity index (χ4n) is 1.55. The Kier molecular flexibility index (Phi) is 6.32. The quantitative estimate of drug-likeness (QED) is 0.391. The van der Waals surface area contributed by atoms with Crippen LogP contribution in [0.25, 0.3) is 0 Å². The van der Waals surface area contributed by atoms with E-state index >= 15 is 0 Å². The summed E-state index contributed by atoms with van der Waals surface area (Å²) >= 11 is 1.27. The van der Waals surface area contributed by atoms with E-state index in [9.17, 15) is 9.59 Å². The molecule has 0 unspecified atom stereocenters. The van der Waals surface area contributed by atoms with Gasteiger partial charge in [0, 0.05) is 7.05 Å². The van der Waals surface area contributed by atoms with Crippen molar-refractivity contribution in [1.29, 1.82) is 0 Å². The minimum absolute atomic E-state index is 0.174. The van der Waals surface area contributed by atoms with E-state index < -0.39 is 5.91 Å². The molecule has 1 aromatic carbocycles. The molecule has 9 nitrogen and oxygen atoms in total. The summed E-state index contributed by atoms with van der Waals surface area (Å²) in [6, 6.07) is 6.83. The first-order chi connectivity index (χ1) is 11.5. The number of hydrogen-bond acceptors (Lipinski definition) is 7. The fraction of sp³-hybridized carbons (Fsp3) is 0.214. The van der Waals surface area contributed by atoms with E-state index in [0.717, 1.165) is 5.56 Å². The van der Waals surface area contributed by atoms with E-state index in [1.807, 2.05) is 0 Å². The molecule has 0 bridgehead atoms. The lowest BCUT2D eigenvalue weighted by molar-refractivity contribution is -0.120. The number of primary amides is 1. The molecule has 2 amide bonds. The molecule has 0 aliphatic carbocycles. The third kappa shape index (κ3) is 5.72. The molecular weight excluding hydrogens is 332 g/mol. The maximum Gasteiger partial charge on any atom is 0.255 e. The van der Waals surface area contributed by atoms with Crippen LogP contribution in [0.4, 0.5) is 0 Å². The van der Waals surface area contributed by atoms with Crippen molar-refractivity contribution < 1.29 is 14.3 Å². The second-order valence-electron chi connectivity index (χ2n) is 4.63. The average Bonchev–Trinajstić information content (AvgIpc) is 2.97.